The smallest absolute Gasteiger partial charge is 0.313 e. The zero-order chi connectivity index (χ0) is 36.7. The maximum absolute atomic E-state index is 14.9. The molecule has 2 aromatic carbocycles. The third-order valence-corrected chi connectivity index (χ3v) is 10.7. The SMILES string of the molecule is C=CCCC(=O)NC[C@H](OC(=O)[C@@H]1[C@H]2C(=O)N([C@@H](CC)CO)[C@H](C(=O)N(CC=C)c3ccc(N(CC)CC)cc3)[C@]23CC[C@H]1O3)c1ccccc1. The van der Waals surface area contributed by atoms with E-state index in [4.69, 9.17) is 9.47 Å². The highest BCUT2D eigenvalue weighted by molar-refractivity contribution is 6.05. The molecule has 0 aliphatic carbocycles. The Labute approximate surface area is 301 Å². The third-order valence-electron chi connectivity index (χ3n) is 10.7. The van der Waals surface area contributed by atoms with Crippen LogP contribution in [-0.4, -0.2) is 90.3 Å². The number of nitrogens with zero attached hydrogens (tertiary/aromatic N) is 3. The van der Waals surface area contributed by atoms with Crippen molar-refractivity contribution in [1.82, 2.24) is 10.2 Å². The number of aliphatic hydroxyl groups excluding tert-OH is 1. The topological polar surface area (TPSA) is 129 Å². The second kappa shape index (κ2) is 16.7. The van der Waals surface area contributed by atoms with Gasteiger partial charge in [-0.05, 0) is 69.4 Å². The standard InChI is InChI=1S/C40H52N4O7/c1-6-11-17-33(46)41-25-32(27-15-13-12-14-16-27)50-39(49)34-31-22-23-40(51-31)35(34)37(47)44(28(8-3)26-45)36(40)38(48)43(24-7-2)30-20-18-29(19-21-30)42(9-4)10-5/h6-7,12-16,18-21,28,31-32,34-36,45H,1-2,8-11,17,22-26H2,3-5H3,(H,41,46)/t28-,31+,32-,34-,35-,36+,40-/m0/s1. The second-order valence-electron chi connectivity index (χ2n) is 13.4. The molecule has 3 amide bonds. The minimum atomic E-state index is -1.28. The number of aliphatic hydroxyl groups is 1. The molecule has 0 radical (unpaired) electrons. The summed E-state index contributed by atoms with van der Waals surface area (Å²) in [5, 5.41) is 13.3. The van der Waals surface area contributed by atoms with Gasteiger partial charge in [0.15, 0.2) is 0 Å². The first-order valence-electron chi connectivity index (χ1n) is 18.2. The molecule has 0 aromatic heterocycles. The normalized spacial score (nSPS) is 24.4. The first-order chi connectivity index (χ1) is 24.7. The number of anilines is 2. The molecule has 2 aromatic rings. The molecule has 7 atom stereocenters. The van der Waals surface area contributed by atoms with Crippen LogP contribution in [0.2, 0.25) is 0 Å². The van der Waals surface area contributed by atoms with Crippen molar-refractivity contribution >= 4 is 35.1 Å². The average molecular weight is 701 g/mol. The second-order valence-corrected chi connectivity index (χ2v) is 13.4. The van der Waals surface area contributed by atoms with Gasteiger partial charge in [-0.15, -0.1) is 13.2 Å². The Balaban J connectivity index is 1.47. The maximum Gasteiger partial charge on any atom is 0.313 e. The van der Waals surface area contributed by atoms with Crippen molar-refractivity contribution in [1.29, 1.82) is 0 Å². The average Bonchev–Trinajstić information content (AvgIpc) is 3.80. The number of hydrogen-bond acceptors (Lipinski definition) is 8. The zero-order valence-corrected chi connectivity index (χ0v) is 30.0. The molecule has 274 valence electrons. The summed E-state index contributed by atoms with van der Waals surface area (Å²) in [6.07, 6.45) is 3.91. The number of esters is 1. The number of carbonyl (C=O) groups excluding carboxylic acids is 4. The van der Waals surface area contributed by atoms with Crippen molar-refractivity contribution in [2.24, 2.45) is 11.8 Å². The molecule has 3 saturated heterocycles. The Morgan fingerprint density at radius 3 is 2.35 bits per heavy atom. The first kappa shape index (κ1) is 37.8. The molecule has 3 aliphatic heterocycles. The highest BCUT2D eigenvalue weighted by atomic mass is 16.6. The minimum absolute atomic E-state index is 0.0486. The molecule has 11 nitrogen and oxygen atoms in total. The van der Waals surface area contributed by atoms with Crippen LogP contribution < -0.4 is 15.1 Å². The number of allylic oxidation sites excluding steroid dienone is 1. The van der Waals surface area contributed by atoms with Gasteiger partial charge in [0.25, 0.3) is 5.91 Å². The highest BCUT2D eigenvalue weighted by Crippen LogP contribution is 2.59. The van der Waals surface area contributed by atoms with Crippen LogP contribution in [0.3, 0.4) is 0 Å². The van der Waals surface area contributed by atoms with E-state index in [1.807, 2.05) is 61.5 Å². The summed E-state index contributed by atoms with van der Waals surface area (Å²) in [5.74, 6) is -3.51. The minimum Gasteiger partial charge on any atom is -0.455 e. The van der Waals surface area contributed by atoms with E-state index < -0.39 is 53.6 Å². The summed E-state index contributed by atoms with van der Waals surface area (Å²) >= 11 is 0. The van der Waals surface area contributed by atoms with Gasteiger partial charge < -0.3 is 34.6 Å². The number of ether oxygens (including phenoxy) is 2. The van der Waals surface area contributed by atoms with Crippen molar-refractivity contribution in [3.63, 3.8) is 0 Å². The van der Waals surface area contributed by atoms with E-state index >= 15 is 0 Å². The van der Waals surface area contributed by atoms with E-state index in [0.717, 1.165) is 18.8 Å². The Morgan fingerprint density at radius 1 is 1.06 bits per heavy atom. The van der Waals surface area contributed by atoms with Crippen molar-refractivity contribution < 1.29 is 33.8 Å². The van der Waals surface area contributed by atoms with Gasteiger partial charge >= 0.3 is 5.97 Å². The lowest BCUT2D eigenvalue weighted by atomic mass is 9.70. The number of nitrogens with one attached hydrogen (secondary N) is 1. The molecular formula is C40H52N4O7. The fourth-order valence-corrected chi connectivity index (χ4v) is 8.12. The lowest BCUT2D eigenvalue weighted by molar-refractivity contribution is -0.161. The van der Waals surface area contributed by atoms with Gasteiger partial charge in [0, 0.05) is 37.4 Å². The Kier molecular flexibility index (Phi) is 12.4. The molecule has 11 heteroatoms. The van der Waals surface area contributed by atoms with E-state index in [-0.39, 0.29) is 37.9 Å². The summed E-state index contributed by atoms with van der Waals surface area (Å²) in [7, 11) is 0. The molecule has 2 N–H and O–H groups in total. The van der Waals surface area contributed by atoms with E-state index in [1.165, 1.54) is 4.90 Å². The monoisotopic (exact) mass is 700 g/mol. The molecule has 51 heavy (non-hydrogen) atoms. The first-order valence-corrected chi connectivity index (χ1v) is 18.2. The largest absolute Gasteiger partial charge is 0.455 e. The van der Waals surface area contributed by atoms with Gasteiger partial charge in [0.2, 0.25) is 11.8 Å². The van der Waals surface area contributed by atoms with Crippen molar-refractivity contribution in [2.75, 3.05) is 42.6 Å². The lowest BCUT2D eigenvalue weighted by Gasteiger charge is -2.39. The fraction of sp³-hybridized carbons (Fsp3) is 0.500. The van der Waals surface area contributed by atoms with Crippen LogP contribution in [0.1, 0.15) is 64.5 Å². The van der Waals surface area contributed by atoms with Crippen LogP contribution in [0.4, 0.5) is 11.4 Å². The summed E-state index contributed by atoms with van der Waals surface area (Å²) in [6.45, 7) is 15.2. The number of amides is 3. The summed E-state index contributed by atoms with van der Waals surface area (Å²) in [5.41, 5.74) is 1.08. The van der Waals surface area contributed by atoms with Crippen molar-refractivity contribution in [2.45, 2.75) is 82.8 Å². The van der Waals surface area contributed by atoms with E-state index in [9.17, 15) is 24.3 Å². The number of hydrogen-bond donors (Lipinski definition) is 2. The van der Waals surface area contributed by atoms with Gasteiger partial charge in [0.05, 0.1) is 37.1 Å². The van der Waals surface area contributed by atoms with Crippen LogP contribution in [0.5, 0.6) is 0 Å². The van der Waals surface area contributed by atoms with Crippen LogP contribution in [0.25, 0.3) is 0 Å². The van der Waals surface area contributed by atoms with Crippen LogP contribution >= 0.6 is 0 Å². The van der Waals surface area contributed by atoms with Crippen molar-refractivity contribution in [3.8, 4) is 0 Å². The Hall–Kier alpha value is -4.48. The van der Waals surface area contributed by atoms with Gasteiger partial charge in [-0.1, -0.05) is 49.4 Å². The molecule has 2 bridgehead atoms. The number of fused-ring (bicyclic) bond motifs is 1. The number of rotatable bonds is 18. The number of carbonyl (C=O) groups is 4. The van der Waals surface area contributed by atoms with Crippen LogP contribution in [0, 0.1) is 11.8 Å². The summed E-state index contributed by atoms with van der Waals surface area (Å²) < 4.78 is 12.8. The summed E-state index contributed by atoms with van der Waals surface area (Å²) in [6, 6.07) is 15.1. The number of likely N-dealkylation sites (tertiary alicyclic amines) is 1. The quantitative estimate of drug-likeness (QED) is 0.171. The highest BCUT2D eigenvalue weighted by Gasteiger charge is 2.75. The molecule has 0 unspecified atom stereocenters. The Bertz CT molecular complexity index is 1560. The predicted octanol–water partition coefficient (Wildman–Crippen LogP) is 4.56. The van der Waals surface area contributed by atoms with Gasteiger partial charge in [0.1, 0.15) is 17.7 Å². The molecule has 3 aliphatic rings. The third kappa shape index (κ3) is 7.32. The van der Waals surface area contributed by atoms with Crippen molar-refractivity contribution in [3.05, 3.63) is 85.5 Å². The predicted molar refractivity (Wildman–Crippen MR) is 196 cm³/mol. The lowest BCUT2D eigenvalue weighted by Crippen LogP contribution is -2.59. The molecule has 3 heterocycles. The molecule has 1 spiro atoms. The molecule has 5 rings (SSSR count). The van der Waals surface area contributed by atoms with E-state index in [2.05, 4.69) is 37.2 Å². The van der Waals surface area contributed by atoms with Crippen LogP contribution in [-0.2, 0) is 28.7 Å². The molecule has 3 fully saturated rings. The molecular weight excluding hydrogens is 648 g/mol. The summed E-state index contributed by atoms with van der Waals surface area (Å²) in [4.78, 5) is 61.5. The van der Waals surface area contributed by atoms with E-state index in [0.29, 0.717) is 36.9 Å². The number of benzene rings is 2. The fourth-order valence-electron chi connectivity index (χ4n) is 8.12. The van der Waals surface area contributed by atoms with Gasteiger partial charge in [-0.3, -0.25) is 19.2 Å². The maximum atomic E-state index is 14.9. The Morgan fingerprint density at radius 2 is 1.75 bits per heavy atom. The molecule has 0 saturated carbocycles. The van der Waals surface area contributed by atoms with Crippen LogP contribution in [0.15, 0.2) is 79.9 Å². The van der Waals surface area contributed by atoms with Gasteiger partial charge in [-0.2, -0.15) is 0 Å². The van der Waals surface area contributed by atoms with E-state index in [1.54, 1.807) is 17.1 Å². The zero-order valence-electron chi connectivity index (χ0n) is 30.0. The van der Waals surface area contributed by atoms with Gasteiger partial charge in [-0.25, -0.2) is 0 Å².